The summed E-state index contributed by atoms with van der Waals surface area (Å²) < 4.78 is 5.08. The minimum absolute atomic E-state index is 0.0517. The number of aliphatic hydroxyl groups excluding tert-OH is 2. The van der Waals surface area contributed by atoms with Crippen LogP contribution in [0.3, 0.4) is 0 Å². The standard InChI is InChI=1S/C9H21NO4/c1-10(2)9(13,4-3-5-11)8-14-7-6-12/h11-13H,3-8H2,1-2H3. The molecule has 1 atom stereocenters. The molecule has 0 rings (SSSR count). The monoisotopic (exact) mass is 207 g/mol. The number of likely N-dealkylation sites (N-methyl/N-ethyl adjacent to an activating group) is 1. The van der Waals surface area contributed by atoms with Gasteiger partial charge in [-0.1, -0.05) is 0 Å². The lowest BCUT2D eigenvalue weighted by atomic mass is 10.1. The van der Waals surface area contributed by atoms with Gasteiger partial charge in [0.2, 0.25) is 0 Å². The van der Waals surface area contributed by atoms with Crippen molar-refractivity contribution in [2.24, 2.45) is 0 Å². The van der Waals surface area contributed by atoms with E-state index in [1.54, 1.807) is 19.0 Å². The van der Waals surface area contributed by atoms with Gasteiger partial charge in [-0.15, -0.1) is 0 Å². The molecule has 3 N–H and O–H groups in total. The zero-order chi connectivity index (χ0) is 11.0. The number of hydrogen-bond acceptors (Lipinski definition) is 5. The molecular weight excluding hydrogens is 186 g/mol. The van der Waals surface area contributed by atoms with Gasteiger partial charge in [0.15, 0.2) is 0 Å². The molecule has 0 aliphatic rings. The first-order valence-corrected chi connectivity index (χ1v) is 4.76. The van der Waals surface area contributed by atoms with E-state index in [-0.39, 0.29) is 26.4 Å². The summed E-state index contributed by atoms with van der Waals surface area (Å²) in [5, 5.41) is 27.2. The summed E-state index contributed by atoms with van der Waals surface area (Å²) in [7, 11) is 3.50. The predicted octanol–water partition coefficient (Wildman–Crippen LogP) is -0.982. The topological polar surface area (TPSA) is 73.2 Å². The molecule has 0 radical (unpaired) electrons. The molecule has 0 fully saturated rings. The van der Waals surface area contributed by atoms with Crippen LogP contribution in [0.25, 0.3) is 0 Å². The van der Waals surface area contributed by atoms with Gasteiger partial charge in [-0.25, -0.2) is 0 Å². The van der Waals surface area contributed by atoms with Crippen LogP contribution in [-0.2, 0) is 4.74 Å². The molecule has 0 aromatic rings. The van der Waals surface area contributed by atoms with Gasteiger partial charge in [0.1, 0.15) is 5.72 Å². The van der Waals surface area contributed by atoms with Crippen LogP contribution < -0.4 is 0 Å². The quantitative estimate of drug-likeness (QED) is 0.352. The highest BCUT2D eigenvalue weighted by Crippen LogP contribution is 2.15. The molecule has 86 valence electrons. The lowest BCUT2D eigenvalue weighted by molar-refractivity contribution is -0.142. The predicted molar refractivity (Wildman–Crippen MR) is 52.9 cm³/mol. The molecule has 0 heterocycles. The Labute approximate surface area is 84.9 Å². The van der Waals surface area contributed by atoms with Crippen LogP contribution >= 0.6 is 0 Å². The second-order valence-electron chi connectivity index (χ2n) is 3.48. The first-order chi connectivity index (χ1) is 6.56. The van der Waals surface area contributed by atoms with E-state index < -0.39 is 5.72 Å². The van der Waals surface area contributed by atoms with E-state index >= 15 is 0 Å². The molecule has 0 aliphatic heterocycles. The van der Waals surface area contributed by atoms with Crippen molar-refractivity contribution in [3.05, 3.63) is 0 Å². The molecule has 0 amide bonds. The van der Waals surface area contributed by atoms with Crippen molar-refractivity contribution in [1.29, 1.82) is 0 Å². The van der Waals surface area contributed by atoms with E-state index in [4.69, 9.17) is 14.9 Å². The second kappa shape index (κ2) is 7.14. The van der Waals surface area contributed by atoms with Gasteiger partial charge in [-0.3, -0.25) is 4.90 Å². The van der Waals surface area contributed by atoms with E-state index in [2.05, 4.69) is 0 Å². The summed E-state index contributed by atoms with van der Waals surface area (Å²) >= 11 is 0. The van der Waals surface area contributed by atoms with Crippen molar-refractivity contribution < 1.29 is 20.1 Å². The Balaban J connectivity index is 3.96. The number of rotatable bonds is 8. The molecule has 0 saturated heterocycles. The minimum Gasteiger partial charge on any atom is -0.396 e. The highest BCUT2D eigenvalue weighted by atomic mass is 16.5. The number of ether oxygens (including phenoxy) is 1. The Morgan fingerprint density at radius 1 is 1.21 bits per heavy atom. The number of aliphatic hydroxyl groups is 3. The Hall–Kier alpha value is -0.200. The molecule has 0 aliphatic carbocycles. The zero-order valence-electron chi connectivity index (χ0n) is 8.94. The third kappa shape index (κ3) is 4.88. The van der Waals surface area contributed by atoms with Crippen LogP contribution in [0.1, 0.15) is 12.8 Å². The molecule has 0 spiro atoms. The van der Waals surface area contributed by atoms with Gasteiger partial charge in [0.25, 0.3) is 0 Å². The molecule has 0 saturated carbocycles. The highest BCUT2D eigenvalue weighted by molar-refractivity contribution is 4.74. The average Bonchev–Trinajstić information content (AvgIpc) is 2.15. The Bertz CT molecular complexity index is 143. The second-order valence-corrected chi connectivity index (χ2v) is 3.48. The van der Waals surface area contributed by atoms with Gasteiger partial charge in [0, 0.05) is 6.61 Å². The Kier molecular flexibility index (Phi) is 7.04. The van der Waals surface area contributed by atoms with Gasteiger partial charge < -0.3 is 20.1 Å². The first kappa shape index (κ1) is 13.8. The normalized spacial score (nSPS) is 15.9. The summed E-state index contributed by atoms with van der Waals surface area (Å²) in [6, 6.07) is 0. The fourth-order valence-corrected chi connectivity index (χ4v) is 1.09. The molecule has 5 nitrogen and oxygen atoms in total. The highest BCUT2D eigenvalue weighted by Gasteiger charge is 2.29. The van der Waals surface area contributed by atoms with Gasteiger partial charge >= 0.3 is 0 Å². The third-order valence-electron chi connectivity index (χ3n) is 2.14. The smallest absolute Gasteiger partial charge is 0.141 e. The molecule has 14 heavy (non-hydrogen) atoms. The van der Waals surface area contributed by atoms with E-state index in [9.17, 15) is 5.11 Å². The maximum absolute atomic E-state index is 10.1. The van der Waals surface area contributed by atoms with Crippen molar-refractivity contribution >= 4 is 0 Å². The molecule has 0 aromatic carbocycles. The zero-order valence-corrected chi connectivity index (χ0v) is 8.94. The lowest BCUT2D eigenvalue weighted by Crippen LogP contribution is -2.48. The molecular formula is C9H21NO4. The molecule has 5 heteroatoms. The fourth-order valence-electron chi connectivity index (χ4n) is 1.09. The maximum atomic E-state index is 10.1. The van der Waals surface area contributed by atoms with Crippen molar-refractivity contribution in [3.63, 3.8) is 0 Å². The van der Waals surface area contributed by atoms with Crippen molar-refractivity contribution in [1.82, 2.24) is 4.90 Å². The van der Waals surface area contributed by atoms with Crippen LogP contribution in [-0.4, -0.2) is 66.5 Å². The maximum Gasteiger partial charge on any atom is 0.141 e. The van der Waals surface area contributed by atoms with Gasteiger partial charge in [-0.2, -0.15) is 0 Å². The van der Waals surface area contributed by atoms with Gasteiger partial charge in [0.05, 0.1) is 19.8 Å². The van der Waals surface area contributed by atoms with Crippen molar-refractivity contribution in [2.75, 3.05) is 40.5 Å². The number of hydrogen-bond donors (Lipinski definition) is 3. The molecule has 0 bridgehead atoms. The molecule has 0 aromatic heterocycles. The minimum atomic E-state index is -1.06. The fraction of sp³-hybridized carbons (Fsp3) is 1.00. The summed E-state index contributed by atoms with van der Waals surface area (Å²) in [5.74, 6) is 0. The third-order valence-corrected chi connectivity index (χ3v) is 2.14. The summed E-state index contributed by atoms with van der Waals surface area (Å²) in [5.41, 5.74) is -1.06. The van der Waals surface area contributed by atoms with Crippen LogP contribution in [0, 0.1) is 0 Å². The van der Waals surface area contributed by atoms with E-state index in [1.165, 1.54) is 0 Å². The van der Waals surface area contributed by atoms with E-state index in [0.29, 0.717) is 12.8 Å². The van der Waals surface area contributed by atoms with Crippen LogP contribution in [0.2, 0.25) is 0 Å². The van der Waals surface area contributed by atoms with Crippen LogP contribution in [0.15, 0.2) is 0 Å². The summed E-state index contributed by atoms with van der Waals surface area (Å²) in [6.07, 6.45) is 0.971. The molecule has 1 unspecified atom stereocenters. The van der Waals surface area contributed by atoms with Crippen LogP contribution in [0.4, 0.5) is 0 Å². The van der Waals surface area contributed by atoms with E-state index in [0.717, 1.165) is 0 Å². The average molecular weight is 207 g/mol. The van der Waals surface area contributed by atoms with Gasteiger partial charge in [-0.05, 0) is 26.9 Å². The number of nitrogens with zero attached hydrogens (tertiary/aromatic N) is 1. The Morgan fingerprint density at radius 2 is 1.86 bits per heavy atom. The summed E-state index contributed by atoms with van der Waals surface area (Å²) in [6.45, 7) is 0.357. The lowest BCUT2D eigenvalue weighted by Gasteiger charge is -2.34. The van der Waals surface area contributed by atoms with Crippen molar-refractivity contribution in [2.45, 2.75) is 18.6 Å². The largest absolute Gasteiger partial charge is 0.396 e. The summed E-state index contributed by atoms with van der Waals surface area (Å²) in [4.78, 5) is 1.65. The van der Waals surface area contributed by atoms with Crippen LogP contribution in [0.5, 0.6) is 0 Å². The SMILES string of the molecule is CN(C)C(O)(CCCO)COCCO. The first-order valence-electron chi connectivity index (χ1n) is 4.76. The Morgan fingerprint density at radius 3 is 2.29 bits per heavy atom. The van der Waals surface area contributed by atoms with Crippen molar-refractivity contribution in [3.8, 4) is 0 Å². The van der Waals surface area contributed by atoms with E-state index in [1.807, 2.05) is 0 Å².